The Morgan fingerprint density at radius 2 is 0.754 bits per heavy atom. The van der Waals surface area contributed by atoms with Gasteiger partial charge in [-0.3, -0.25) is 0 Å². The maximum absolute atomic E-state index is 12.3. The van der Waals surface area contributed by atoms with Crippen LogP contribution in [0.1, 0.15) is 36.1 Å². The van der Waals surface area contributed by atoms with Crippen LogP contribution in [0.2, 0.25) is 0 Å². The van der Waals surface area contributed by atoms with E-state index in [2.05, 4.69) is 20.6 Å². The molecule has 303 valence electrons. The normalized spacial score (nSPS) is 9.54. The number of carbonyl (C=O) groups is 2. The third-order valence-electron chi connectivity index (χ3n) is 5.23. The zero-order valence-corrected chi connectivity index (χ0v) is 39.1. The summed E-state index contributed by atoms with van der Waals surface area (Å²) in [7, 11) is 4.79. The van der Waals surface area contributed by atoms with Gasteiger partial charge >= 0.3 is 56.0 Å². The summed E-state index contributed by atoms with van der Waals surface area (Å²) in [6.45, 7) is 1.96. The number of aliphatic hydroxyl groups excluding tert-OH is 2. The molecule has 0 aliphatic carbocycles. The predicted molar refractivity (Wildman–Crippen MR) is 182 cm³/mol. The predicted octanol–water partition coefficient (Wildman–Crippen LogP) is -2.48. The number of aliphatic carboxylic acids is 2. The van der Waals surface area contributed by atoms with Gasteiger partial charge in [-0.2, -0.15) is 0 Å². The zero-order valence-electron chi connectivity index (χ0n) is 31.9. The maximum Gasteiger partial charge on any atom is 2.00 e. The van der Waals surface area contributed by atoms with Crippen molar-refractivity contribution in [3.8, 4) is 34.5 Å². The van der Waals surface area contributed by atoms with Gasteiger partial charge < -0.3 is 79.3 Å². The summed E-state index contributed by atoms with van der Waals surface area (Å²) in [5.41, 5.74) is 0.624. The Morgan fingerprint density at radius 3 is 0.982 bits per heavy atom. The van der Waals surface area contributed by atoms with Gasteiger partial charge in [0.1, 0.15) is 11.5 Å². The molecule has 0 aliphatic rings. The standard InChI is InChI=1S/C28H30N4O10.2C2H4O2.2CH4O.Mn.2Zn/c1-37-23-7-3-5-19(25(23)33)15-29-39-11-13-41-31-17-21-9-10-22(28(36)27(21)35)18-32-42-14-12-40-30-16-20-6-4-8-24(38-2)26(20)34;2*1-2(3)4;2*1-2;;;/h3-10,15-18,33-36H,11-14H2,1-2H3;2*1H3,(H,3,4);2*2H,1H3;;;/q;;;;;3*+2/p-6/b29-15+,30-16+,31-17+,32-18+;;;;;;;. The molecule has 0 bridgehead atoms. The Balaban J connectivity index is -0.000000534. The Labute approximate surface area is 365 Å². The summed E-state index contributed by atoms with van der Waals surface area (Å²) >= 11 is 0. The second kappa shape index (κ2) is 39.2. The number of nitrogens with zero attached hydrogens (tertiary/aromatic N) is 4. The van der Waals surface area contributed by atoms with Crippen molar-refractivity contribution in [2.24, 2.45) is 20.6 Å². The first kappa shape index (κ1) is 61.2. The summed E-state index contributed by atoms with van der Waals surface area (Å²) < 4.78 is 9.90. The van der Waals surface area contributed by atoms with Crippen molar-refractivity contribution in [2.75, 3.05) is 54.9 Å². The van der Waals surface area contributed by atoms with E-state index >= 15 is 0 Å². The molecule has 57 heavy (non-hydrogen) atoms. The molecule has 0 aliphatic heterocycles. The molecule has 3 rings (SSSR count). The van der Waals surface area contributed by atoms with Crippen LogP contribution in [-0.2, 0) is 85.0 Å². The van der Waals surface area contributed by atoms with Gasteiger partial charge in [0.05, 0.1) is 39.1 Å². The van der Waals surface area contributed by atoms with Gasteiger partial charge in [-0.15, -0.1) is 11.5 Å². The molecule has 0 amide bonds. The molecule has 0 fully saturated rings. The van der Waals surface area contributed by atoms with Crippen LogP contribution in [0.5, 0.6) is 34.5 Å². The number of rotatable bonds is 16. The second-order valence-corrected chi connectivity index (χ2v) is 8.91. The topological polar surface area (TPSA) is 318 Å². The number of ether oxygens (including phenoxy) is 2. The number of hydrogen-bond acceptors (Lipinski definition) is 20. The molecular weight excluding hydrogens is 906 g/mol. The molecule has 3 aromatic rings. The first-order valence-electron chi connectivity index (χ1n) is 15.0. The first-order valence-corrected chi connectivity index (χ1v) is 15.0. The second-order valence-electron chi connectivity index (χ2n) is 8.91. The molecule has 23 heteroatoms. The molecular formula is C34H40MnN4O16Zn2. The smallest absolute Gasteiger partial charge is 0.872 e. The van der Waals surface area contributed by atoms with Crippen molar-refractivity contribution in [2.45, 2.75) is 13.8 Å². The number of carboxylic acids is 2. The van der Waals surface area contributed by atoms with Gasteiger partial charge in [0.25, 0.3) is 0 Å². The van der Waals surface area contributed by atoms with Crippen molar-refractivity contribution in [1.82, 2.24) is 0 Å². The van der Waals surface area contributed by atoms with Crippen molar-refractivity contribution in [3.05, 3.63) is 70.8 Å². The Bertz CT molecular complexity index is 1520. The average molecular weight is 946 g/mol. The molecule has 0 atom stereocenters. The minimum atomic E-state index is -1.08. The van der Waals surface area contributed by atoms with E-state index in [9.17, 15) is 20.4 Å². The molecule has 20 nitrogen and oxygen atoms in total. The number of benzene rings is 3. The van der Waals surface area contributed by atoms with E-state index in [-0.39, 0.29) is 117 Å². The summed E-state index contributed by atoms with van der Waals surface area (Å²) in [5, 5.41) is 95.0. The number of carbonyl (C=O) groups excluding carboxylic acids is 2. The van der Waals surface area contributed by atoms with Crippen LogP contribution in [0.4, 0.5) is 0 Å². The van der Waals surface area contributed by atoms with E-state index in [0.717, 1.165) is 40.5 Å². The molecule has 0 saturated carbocycles. The fraction of sp³-hybridized carbons (Fsp3) is 0.294. The van der Waals surface area contributed by atoms with Crippen LogP contribution in [0.25, 0.3) is 0 Å². The first-order chi connectivity index (χ1) is 25.9. The van der Waals surface area contributed by atoms with Gasteiger partial charge in [-0.1, -0.05) is 68.5 Å². The molecule has 0 unspecified atom stereocenters. The van der Waals surface area contributed by atoms with E-state index in [1.807, 2.05) is 0 Å². The van der Waals surface area contributed by atoms with Crippen LogP contribution in [-0.4, -0.2) is 102 Å². The van der Waals surface area contributed by atoms with E-state index in [0.29, 0.717) is 11.1 Å². The van der Waals surface area contributed by atoms with Crippen molar-refractivity contribution in [3.63, 3.8) is 0 Å². The summed E-state index contributed by atoms with van der Waals surface area (Å²) in [5.74, 6) is -4.01. The molecule has 0 heterocycles. The molecule has 2 N–H and O–H groups in total. The van der Waals surface area contributed by atoms with E-state index in [4.69, 9.17) is 58.8 Å². The van der Waals surface area contributed by atoms with Gasteiger partial charge in [-0.25, -0.2) is 0 Å². The quantitative estimate of drug-likeness (QED) is 0.0650. The van der Waals surface area contributed by atoms with E-state index < -0.39 is 23.4 Å². The fourth-order valence-electron chi connectivity index (χ4n) is 3.12. The van der Waals surface area contributed by atoms with Crippen LogP contribution < -0.4 is 40.1 Å². The van der Waals surface area contributed by atoms with Crippen LogP contribution >= 0.6 is 0 Å². The molecule has 1 radical (unpaired) electrons. The summed E-state index contributed by atoms with van der Waals surface area (Å²) in [6, 6.07) is 12.3. The number of carboxylic acid groups (broad SMARTS) is 2. The SMILES string of the molecule is CC(=O)[O-].CC(=O)[O-].CO.CO.COc1cccc(/C=N/OCCO/N=C/c2ccc(/C=N/OCCO/N=C/c3cccc(OC)c3[O-])c([O-])c2[O-])c1[O-].[Mn+2].[Zn+2].[Zn+2]. The van der Waals surface area contributed by atoms with E-state index in [1.165, 1.54) is 38.8 Å². The van der Waals surface area contributed by atoms with Crippen LogP contribution in [0.15, 0.2) is 69.2 Å². The molecule has 3 aromatic carbocycles. The van der Waals surface area contributed by atoms with Gasteiger partial charge in [0.2, 0.25) is 0 Å². The minimum Gasteiger partial charge on any atom is -0.872 e. The van der Waals surface area contributed by atoms with Crippen LogP contribution in [0.3, 0.4) is 0 Å². The van der Waals surface area contributed by atoms with Crippen molar-refractivity contribution < 1.29 is 135 Å². The van der Waals surface area contributed by atoms with Gasteiger partial charge in [0, 0.05) is 26.2 Å². The van der Waals surface area contributed by atoms with E-state index in [1.54, 1.807) is 36.4 Å². The number of oxime groups is 4. The van der Waals surface area contributed by atoms with Gasteiger partial charge in [-0.05, 0) is 48.2 Å². The molecule has 0 spiro atoms. The summed E-state index contributed by atoms with van der Waals surface area (Å²) in [4.78, 5) is 37.8. The van der Waals surface area contributed by atoms with Crippen molar-refractivity contribution >= 4 is 36.8 Å². The fourth-order valence-corrected chi connectivity index (χ4v) is 3.12. The Hall–Kier alpha value is -5.03. The third-order valence-corrected chi connectivity index (χ3v) is 5.23. The summed E-state index contributed by atoms with van der Waals surface area (Å²) in [6.07, 6.45) is 4.71. The largest absolute Gasteiger partial charge is 2.00 e. The Morgan fingerprint density at radius 1 is 0.526 bits per heavy atom. The monoisotopic (exact) mass is 943 g/mol. The average Bonchev–Trinajstić information content (AvgIpc) is 3.15. The third kappa shape index (κ3) is 28.1. The number of aliphatic hydroxyl groups is 2. The molecule has 0 aromatic heterocycles. The molecule has 0 saturated heterocycles. The maximum atomic E-state index is 12.3. The number of para-hydroxylation sites is 2. The number of methoxy groups -OCH3 is 2. The van der Waals surface area contributed by atoms with Gasteiger partial charge in [0.15, 0.2) is 26.4 Å². The zero-order chi connectivity index (χ0) is 41.3. The minimum absolute atomic E-state index is 0. The Kier molecular flexibility index (Phi) is 42.1. The number of hydrogen-bond donors (Lipinski definition) is 2. The van der Waals surface area contributed by atoms with Crippen LogP contribution in [0, 0.1) is 0 Å². The van der Waals surface area contributed by atoms with Crippen molar-refractivity contribution in [1.29, 1.82) is 0 Å².